The molecule has 8 nitrogen and oxygen atoms in total. The van der Waals surface area contributed by atoms with Gasteiger partial charge in [-0.2, -0.15) is 0 Å². The Labute approximate surface area is 223 Å². The number of phenols is 1. The maximum atomic E-state index is 13.9. The summed E-state index contributed by atoms with van der Waals surface area (Å²) in [6.45, 7) is 4.46. The second kappa shape index (κ2) is 10.6. The molecule has 0 bridgehead atoms. The van der Waals surface area contributed by atoms with Gasteiger partial charge in [0.05, 0.1) is 33.4 Å². The second-order valence-electron chi connectivity index (χ2n) is 10.0. The number of methoxy groups -OCH3 is 3. The number of ether oxygens (including phenoxy) is 3. The number of likely N-dealkylation sites (tertiary alicyclic amines) is 1. The van der Waals surface area contributed by atoms with Gasteiger partial charge in [-0.3, -0.25) is 4.79 Å². The van der Waals surface area contributed by atoms with Gasteiger partial charge >= 0.3 is 0 Å². The molecule has 2 aliphatic rings. The lowest BCUT2D eigenvalue weighted by Crippen LogP contribution is -2.42. The molecule has 3 N–H and O–H groups in total. The summed E-state index contributed by atoms with van der Waals surface area (Å²) in [6.07, 6.45) is 0.700. The maximum Gasteiger partial charge on any atom is 0.242 e. The van der Waals surface area contributed by atoms with E-state index in [2.05, 4.69) is 10.9 Å². The molecule has 38 heavy (non-hydrogen) atoms. The molecule has 1 amide bonds. The maximum absolute atomic E-state index is 13.9. The van der Waals surface area contributed by atoms with Crippen molar-refractivity contribution in [3.8, 4) is 23.0 Å². The number of aryl methyl sites for hydroxylation is 2. The average Bonchev–Trinajstić information content (AvgIpc) is 3.47. The van der Waals surface area contributed by atoms with Crippen molar-refractivity contribution in [1.82, 2.24) is 15.8 Å². The summed E-state index contributed by atoms with van der Waals surface area (Å²) in [5, 5.41) is 11.0. The van der Waals surface area contributed by atoms with Crippen molar-refractivity contribution < 1.29 is 24.1 Å². The number of aromatic hydroxyl groups is 1. The lowest BCUT2D eigenvalue weighted by Gasteiger charge is -2.32. The Bertz CT molecular complexity index is 1330. The van der Waals surface area contributed by atoms with Crippen LogP contribution in [-0.4, -0.2) is 49.8 Å². The third kappa shape index (κ3) is 4.54. The van der Waals surface area contributed by atoms with Gasteiger partial charge in [-0.25, -0.2) is 10.9 Å². The molecule has 4 unspecified atom stereocenters. The highest BCUT2D eigenvalue weighted by Crippen LogP contribution is 2.50. The minimum atomic E-state index is -0.436. The quantitative estimate of drug-likeness (QED) is 0.416. The predicted molar refractivity (Wildman–Crippen MR) is 145 cm³/mol. The molecule has 5 rings (SSSR count). The van der Waals surface area contributed by atoms with Gasteiger partial charge in [0.15, 0.2) is 11.5 Å². The van der Waals surface area contributed by atoms with Gasteiger partial charge in [0, 0.05) is 18.0 Å². The molecule has 2 heterocycles. The summed E-state index contributed by atoms with van der Waals surface area (Å²) in [7, 11) is 4.87. The molecule has 3 aromatic carbocycles. The van der Waals surface area contributed by atoms with Gasteiger partial charge in [0.1, 0.15) is 17.5 Å². The monoisotopic (exact) mass is 517 g/mol. The summed E-state index contributed by atoms with van der Waals surface area (Å²) >= 11 is 0. The minimum Gasteiger partial charge on any atom is -0.507 e. The first kappa shape index (κ1) is 25.9. The van der Waals surface area contributed by atoms with Crippen LogP contribution in [0.1, 0.15) is 39.9 Å². The van der Waals surface area contributed by atoms with Crippen LogP contribution in [0.5, 0.6) is 23.0 Å². The van der Waals surface area contributed by atoms with E-state index in [1.807, 2.05) is 73.3 Å². The zero-order chi connectivity index (χ0) is 27.0. The van der Waals surface area contributed by atoms with Crippen LogP contribution in [0.4, 0.5) is 0 Å². The number of rotatable bonds is 8. The lowest BCUT2D eigenvalue weighted by atomic mass is 9.82. The minimum absolute atomic E-state index is 0.0298. The third-order valence-corrected chi connectivity index (χ3v) is 7.77. The molecule has 2 saturated heterocycles. The summed E-state index contributed by atoms with van der Waals surface area (Å²) in [5.41, 5.74) is 11.3. The van der Waals surface area contributed by atoms with E-state index < -0.39 is 6.04 Å². The predicted octanol–water partition coefficient (Wildman–Crippen LogP) is 3.99. The highest BCUT2D eigenvalue weighted by molar-refractivity contribution is 5.86. The number of carbonyl (C=O) groups is 1. The van der Waals surface area contributed by atoms with Crippen molar-refractivity contribution in [3.05, 3.63) is 82.4 Å². The second-order valence-corrected chi connectivity index (χ2v) is 10.0. The number of phenolic OH excluding ortho intramolecular Hbond substituents is 1. The third-order valence-electron chi connectivity index (χ3n) is 7.77. The Balaban J connectivity index is 1.55. The Kier molecular flexibility index (Phi) is 7.19. The standard InChI is InChI=1S/C30H35N3O5/c1-17-14-18(2)29(34)22(15-17)26-25-27(32-31-26)30(35)33(13-12-19-6-9-21(36-3)10-7-19)28(25)20-8-11-23(37-4)24(16-20)38-5/h6-11,14-16,25-28,31-32,34H,12-13H2,1-5H3. The fourth-order valence-electron chi connectivity index (χ4n) is 5.92. The van der Waals surface area contributed by atoms with E-state index in [0.29, 0.717) is 24.5 Å². The molecule has 0 saturated carbocycles. The van der Waals surface area contributed by atoms with E-state index in [4.69, 9.17) is 14.2 Å². The van der Waals surface area contributed by atoms with Gasteiger partial charge in [0.25, 0.3) is 0 Å². The summed E-state index contributed by atoms with van der Waals surface area (Å²) in [6, 6.07) is 16.8. The van der Waals surface area contributed by atoms with Crippen LogP contribution < -0.4 is 25.1 Å². The van der Waals surface area contributed by atoms with Crippen LogP contribution in [0.25, 0.3) is 0 Å². The number of hydrazine groups is 1. The van der Waals surface area contributed by atoms with Gasteiger partial charge in [-0.15, -0.1) is 0 Å². The largest absolute Gasteiger partial charge is 0.507 e. The zero-order valence-electron chi connectivity index (χ0n) is 22.4. The molecule has 2 aliphatic heterocycles. The number of benzene rings is 3. The highest BCUT2D eigenvalue weighted by atomic mass is 16.5. The molecule has 0 spiro atoms. The normalized spacial score (nSPS) is 22.4. The number of hydrogen-bond donors (Lipinski definition) is 3. The molecule has 200 valence electrons. The Morgan fingerprint density at radius 2 is 1.58 bits per heavy atom. The Morgan fingerprint density at radius 3 is 2.26 bits per heavy atom. The van der Waals surface area contributed by atoms with Crippen molar-refractivity contribution in [2.45, 2.75) is 38.4 Å². The molecular formula is C30H35N3O5. The number of nitrogens with one attached hydrogen (secondary N) is 2. The summed E-state index contributed by atoms with van der Waals surface area (Å²) < 4.78 is 16.4. The van der Waals surface area contributed by atoms with E-state index in [-0.39, 0.29) is 29.7 Å². The molecule has 8 heteroatoms. The van der Waals surface area contributed by atoms with Crippen LogP contribution in [-0.2, 0) is 11.2 Å². The van der Waals surface area contributed by atoms with Crippen LogP contribution in [0.2, 0.25) is 0 Å². The fourth-order valence-corrected chi connectivity index (χ4v) is 5.92. The van der Waals surface area contributed by atoms with Gasteiger partial charge in [-0.05, 0) is 61.2 Å². The van der Waals surface area contributed by atoms with Crippen LogP contribution in [0.15, 0.2) is 54.6 Å². The van der Waals surface area contributed by atoms with Crippen LogP contribution in [0, 0.1) is 19.8 Å². The summed E-state index contributed by atoms with van der Waals surface area (Å²) in [4.78, 5) is 15.8. The molecule has 0 radical (unpaired) electrons. The molecule has 2 fully saturated rings. The van der Waals surface area contributed by atoms with Gasteiger partial charge < -0.3 is 24.2 Å². The number of nitrogens with zero attached hydrogens (tertiary/aromatic N) is 1. The Morgan fingerprint density at radius 1 is 0.868 bits per heavy atom. The number of amides is 1. The van der Waals surface area contributed by atoms with E-state index in [0.717, 1.165) is 33.6 Å². The first-order valence-corrected chi connectivity index (χ1v) is 12.8. The molecule has 0 aromatic heterocycles. The summed E-state index contributed by atoms with van der Waals surface area (Å²) in [5.74, 6) is 2.17. The highest BCUT2D eigenvalue weighted by Gasteiger charge is 2.55. The smallest absolute Gasteiger partial charge is 0.242 e. The average molecular weight is 518 g/mol. The van der Waals surface area contributed by atoms with Gasteiger partial charge in [-0.1, -0.05) is 35.9 Å². The molecular weight excluding hydrogens is 482 g/mol. The van der Waals surface area contributed by atoms with Crippen LogP contribution >= 0.6 is 0 Å². The number of carbonyl (C=O) groups excluding carboxylic acids is 1. The molecule has 4 atom stereocenters. The number of fused-ring (bicyclic) bond motifs is 1. The number of hydrogen-bond acceptors (Lipinski definition) is 7. The first-order valence-electron chi connectivity index (χ1n) is 12.8. The van der Waals surface area contributed by atoms with Crippen molar-refractivity contribution in [2.24, 2.45) is 5.92 Å². The fraction of sp³-hybridized carbons (Fsp3) is 0.367. The van der Waals surface area contributed by atoms with Crippen LogP contribution in [0.3, 0.4) is 0 Å². The van der Waals surface area contributed by atoms with Crippen molar-refractivity contribution in [1.29, 1.82) is 0 Å². The van der Waals surface area contributed by atoms with Crippen molar-refractivity contribution >= 4 is 5.91 Å². The van der Waals surface area contributed by atoms with E-state index in [1.165, 1.54) is 0 Å². The molecule has 3 aromatic rings. The zero-order valence-corrected chi connectivity index (χ0v) is 22.4. The molecule has 0 aliphatic carbocycles. The van der Waals surface area contributed by atoms with E-state index in [9.17, 15) is 9.90 Å². The van der Waals surface area contributed by atoms with Crippen molar-refractivity contribution in [3.63, 3.8) is 0 Å². The SMILES string of the molecule is COc1ccc(CCN2C(=O)C3NNC(c4cc(C)cc(C)c4O)C3C2c2ccc(OC)c(OC)c2)cc1. The van der Waals surface area contributed by atoms with Gasteiger partial charge in [0.2, 0.25) is 5.91 Å². The first-order chi connectivity index (χ1) is 18.4. The van der Waals surface area contributed by atoms with Crippen molar-refractivity contribution in [2.75, 3.05) is 27.9 Å². The lowest BCUT2D eigenvalue weighted by molar-refractivity contribution is -0.130. The Hall–Kier alpha value is -3.75. The van der Waals surface area contributed by atoms with E-state index in [1.54, 1.807) is 21.3 Å². The van der Waals surface area contributed by atoms with E-state index >= 15 is 0 Å². The topological polar surface area (TPSA) is 92.3 Å².